The average molecular weight is 385 g/mol. The van der Waals surface area contributed by atoms with E-state index in [2.05, 4.69) is 0 Å². The van der Waals surface area contributed by atoms with Crippen LogP contribution < -0.4 is 0 Å². The van der Waals surface area contributed by atoms with Gasteiger partial charge in [-0.25, -0.2) is 8.42 Å². The van der Waals surface area contributed by atoms with E-state index >= 15 is 0 Å². The maximum absolute atomic E-state index is 12.5. The minimum Gasteiger partial charge on any atom is -0.459 e. The van der Waals surface area contributed by atoms with Crippen LogP contribution >= 0.6 is 0 Å². The zero-order chi connectivity index (χ0) is 19.2. The van der Waals surface area contributed by atoms with Gasteiger partial charge in [0.25, 0.3) is 5.91 Å². The van der Waals surface area contributed by atoms with Crippen LogP contribution in [0.5, 0.6) is 0 Å². The van der Waals surface area contributed by atoms with E-state index in [0.717, 1.165) is 25.5 Å². The molecule has 0 aromatic carbocycles. The van der Waals surface area contributed by atoms with Crippen molar-refractivity contribution in [3.63, 3.8) is 0 Å². The summed E-state index contributed by atoms with van der Waals surface area (Å²) in [6, 6.07) is 3.27. The second-order valence-corrected chi connectivity index (χ2v) is 8.44. The SMILES string of the molecule is CCCCCN(CC(=O)N1CCN(C(=O)c2ccco2)CC1)S(C)(=O)=O. The quantitative estimate of drug-likeness (QED) is 0.623. The van der Waals surface area contributed by atoms with Crippen molar-refractivity contribution in [1.29, 1.82) is 0 Å². The second kappa shape index (κ2) is 9.18. The standard InChI is InChI=1S/C17H27N3O5S/c1-3-4-5-8-20(26(2,23)24)14-16(21)18-9-11-19(12-10-18)17(22)15-7-6-13-25-15/h6-7,13H,3-5,8-12,14H2,1-2H3. The van der Waals surface area contributed by atoms with Crippen molar-refractivity contribution < 1.29 is 22.4 Å². The van der Waals surface area contributed by atoms with Crippen LogP contribution in [0.2, 0.25) is 0 Å². The largest absolute Gasteiger partial charge is 0.459 e. The monoisotopic (exact) mass is 385 g/mol. The summed E-state index contributed by atoms with van der Waals surface area (Å²) in [5, 5.41) is 0. The van der Waals surface area contributed by atoms with Gasteiger partial charge in [-0.1, -0.05) is 19.8 Å². The molecule has 1 saturated heterocycles. The highest BCUT2D eigenvalue weighted by Crippen LogP contribution is 2.11. The number of unbranched alkanes of at least 4 members (excludes halogenated alkanes) is 2. The first-order valence-electron chi connectivity index (χ1n) is 8.88. The number of furan rings is 1. The van der Waals surface area contributed by atoms with Crippen LogP contribution in [0.1, 0.15) is 36.7 Å². The molecule has 146 valence electrons. The third kappa shape index (κ3) is 5.57. The van der Waals surface area contributed by atoms with Gasteiger partial charge in [0, 0.05) is 32.7 Å². The molecule has 26 heavy (non-hydrogen) atoms. The predicted molar refractivity (Wildman–Crippen MR) is 97.1 cm³/mol. The molecule has 0 unspecified atom stereocenters. The van der Waals surface area contributed by atoms with Crippen LogP contribution in [-0.4, -0.2) is 79.9 Å². The van der Waals surface area contributed by atoms with Gasteiger partial charge in [0.05, 0.1) is 19.1 Å². The Hall–Kier alpha value is -1.87. The zero-order valence-electron chi connectivity index (χ0n) is 15.4. The number of nitrogens with zero attached hydrogens (tertiary/aromatic N) is 3. The van der Waals surface area contributed by atoms with Crippen LogP contribution in [0.25, 0.3) is 0 Å². The van der Waals surface area contributed by atoms with Crippen LogP contribution in [-0.2, 0) is 14.8 Å². The molecule has 0 N–H and O–H groups in total. The Morgan fingerprint density at radius 2 is 1.81 bits per heavy atom. The zero-order valence-corrected chi connectivity index (χ0v) is 16.2. The number of hydrogen-bond acceptors (Lipinski definition) is 5. The molecule has 1 aliphatic heterocycles. The van der Waals surface area contributed by atoms with Crippen LogP contribution in [0.3, 0.4) is 0 Å². The normalized spacial score (nSPS) is 15.5. The minimum atomic E-state index is -3.42. The Morgan fingerprint density at radius 1 is 1.15 bits per heavy atom. The minimum absolute atomic E-state index is 0.144. The molecule has 0 bridgehead atoms. The molecule has 8 nitrogen and oxygen atoms in total. The van der Waals surface area contributed by atoms with E-state index in [0.29, 0.717) is 32.7 Å². The van der Waals surface area contributed by atoms with Crippen LogP contribution in [0.15, 0.2) is 22.8 Å². The Morgan fingerprint density at radius 3 is 2.35 bits per heavy atom. The van der Waals surface area contributed by atoms with Gasteiger partial charge in [0.1, 0.15) is 0 Å². The van der Waals surface area contributed by atoms with Crippen molar-refractivity contribution in [2.24, 2.45) is 0 Å². The van der Waals surface area contributed by atoms with Gasteiger partial charge in [0.2, 0.25) is 15.9 Å². The van der Waals surface area contributed by atoms with Crippen molar-refractivity contribution in [3.8, 4) is 0 Å². The average Bonchev–Trinajstić information content (AvgIpc) is 3.14. The van der Waals surface area contributed by atoms with E-state index in [1.54, 1.807) is 21.9 Å². The molecule has 0 atom stereocenters. The summed E-state index contributed by atoms with van der Waals surface area (Å²) < 4.78 is 30.2. The maximum Gasteiger partial charge on any atom is 0.289 e. The van der Waals surface area contributed by atoms with Gasteiger partial charge in [-0.15, -0.1) is 0 Å². The van der Waals surface area contributed by atoms with Crippen molar-refractivity contribution in [2.75, 3.05) is 45.5 Å². The van der Waals surface area contributed by atoms with E-state index < -0.39 is 10.0 Å². The summed E-state index contributed by atoms with van der Waals surface area (Å²) in [5.41, 5.74) is 0. The molecule has 0 radical (unpaired) electrons. The van der Waals surface area contributed by atoms with Crippen molar-refractivity contribution in [2.45, 2.75) is 26.2 Å². The van der Waals surface area contributed by atoms with Crippen LogP contribution in [0.4, 0.5) is 0 Å². The molecule has 1 aliphatic rings. The highest BCUT2D eigenvalue weighted by molar-refractivity contribution is 7.88. The third-order valence-electron chi connectivity index (χ3n) is 4.44. The Balaban J connectivity index is 1.87. The first-order valence-corrected chi connectivity index (χ1v) is 10.7. The van der Waals surface area contributed by atoms with E-state index in [1.807, 2.05) is 6.92 Å². The van der Waals surface area contributed by atoms with Gasteiger partial charge in [-0.3, -0.25) is 9.59 Å². The van der Waals surface area contributed by atoms with E-state index in [-0.39, 0.29) is 24.1 Å². The molecule has 2 amide bonds. The van der Waals surface area contributed by atoms with Gasteiger partial charge < -0.3 is 14.2 Å². The van der Waals surface area contributed by atoms with Gasteiger partial charge in [-0.05, 0) is 18.6 Å². The summed E-state index contributed by atoms with van der Waals surface area (Å²) in [6.45, 7) is 3.83. The van der Waals surface area contributed by atoms with Gasteiger partial charge >= 0.3 is 0 Å². The topological polar surface area (TPSA) is 91.1 Å². The summed E-state index contributed by atoms with van der Waals surface area (Å²) in [4.78, 5) is 28.0. The van der Waals surface area contributed by atoms with Crippen molar-refractivity contribution in [3.05, 3.63) is 24.2 Å². The second-order valence-electron chi connectivity index (χ2n) is 6.45. The molecule has 1 aromatic rings. The van der Waals surface area contributed by atoms with Crippen molar-refractivity contribution >= 4 is 21.8 Å². The molecule has 0 spiro atoms. The van der Waals surface area contributed by atoms with E-state index in [9.17, 15) is 18.0 Å². The number of carbonyl (C=O) groups is 2. The maximum atomic E-state index is 12.5. The van der Waals surface area contributed by atoms with Gasteiger partial charge in [0.15, 0.2) is 5.76 Å². The first kappa shape index (κ1) is 20.4. The fourth-order valence-electron chi connectivity index (χ4n) is 2.87. The molecule has 9 heteroatoms. The van der Waals surface area contributed by atoms with Crippen LogP contribution in [0, 0.1) is 0 Å². The molecular formula is C17H27N3O5S. The Bertz CT molecular complexity index is 694. The third-order valence-corrected chi connectivity index (χ3v) is 5.69. The Labute approximate surface area is 154 Å². The molecular weight excluding hydrogens is 358 g/mol. The number of sulfonamides is 1. The first-order chi connectivity index (χ1) is 12.3. The summed E-state index contributed by atoms with van der Waals surface area (Å²) >= 11 is 0. The smallest absolute Gasteiger partial charge is 0.289 e. The molecule has 1 fully saturated rings. The number of rotatable bonds is 8. The molecule has 0 aliphatic carbocycles. The molecule has 0 saturated carbocycles. The van der Waals surface area contributed by atoms with E-state index in [1.165, 1.54) is 10.6 Å². The lowest BCUT2D eigenvalue weighted by Gasteiger charge is -2.35. The fraction of sp³-hybridized carbons (Fsp3) is 0.647. The Kier molecular flexibility index (Phi) is 7.22. The highest BCUT2D eigenvalue weighted by atomic mass is 32.2. The molecule has 2 heterocycles. The molecule has 2 rings (SSSR count). The number of hydrogen-bond donors (Lipinski definition) is 0. The summed E-state index contributed by atoms with van der Waals surface area (Å²) in [6.07, 6.45) is 5.23. The highest BCUT2D eigenvalue weighted by Gasteiger charge is 2.28. The number of carbonyl (C=O) groups excluding carboxylic acids is 2. The number of amides is 2. The van der Waals surface area contributed by atoms with Gasteiger partial charge in [-0.2, -0.15) is 4.31 Å². The van der Waals surface area contributed by atoms with E-state index in [4.69, 9.17) is 4.42 Å². The summed E-state index contributed by atoms with van der Waals surface area (Å²) in [5.74, 6) is -0.139. The summed E-state index contributed by atoms with van der Waals surface area (Å²) in [7, 11) is -3.42. The number of piperazine rings is 1. The lowest BCUT2D eigenvalue weighted by Crippen LogP contribution is -2.53. The lowest BCUT2D eigenvalue weighted by molar-refractivity contribution is -0.132. The molecule has 1 aromatic heterocycles. The lowest BCUT2D eigenvalue weighted by atomic mass is 10.2. The van der Waals surface area contributed by atoms with Crippen molar-refractivity contribution in [1.82, 2.24) is 14.1 Å². The fourth-order valence-corrected chi connectivity index (χ4v) is 3.67. The predicted octanol–water partition coefficient (Wildman–Crippen LogP) is 1.02.